The lowest BCUT2D eigenvalue weighted by Gasteiger charge is -2.02. The maximum atomic E-state index is 12.8. The molecule has 2 N–H and O–H groups in total. The van der Waals surface area contributed by atoms with E-state index in [9.17, 15) is 4.39 Å². The number of anilines is 1. The van der Waals surface area contributed by atoms with E-state index in [0.29, 0.717) is 11.1 Å². The summed E-state index contributed by atoms with van der Waals surface area (Å²) < 4.78 is 12.8. The minimum Gasteiger partial charge on any atom is -0.397 e. The molecule has 13 heavy (non-hydrogen) atoms. The lowest BCUT2D eigenvalue weighted by atomic mass is 10.1. The second-order valence-electron chi connectivity index (χ2n) is 2.69. The Balaban J connectivity index is 2.92. The molecule has 0 amide bonds. The smallest absolute Gasteiger partial charge is 0.137 e. The highest BCUT2D eigenvalue weighted by Crippen LogP contribution is 2.26. The van der Waals surface area contributed by atoms with E-state index in [0.717, 1.165) is 5.39 Å². The van der Waals surface area contributed by atoms with Crippen molar-refractivity contribution in [2.75, 3.05) is 5.73 Å². The normalized spacial score (nSPS) is 10.6. The molecule has 0 radical (unpaired) electrons. The molecule has 0 aliphatic rings. The van der Waals surface area contributed by atoms with Crippen molar-refractivity contribution in [2.24, 2.45) is 0 Å². The van der Waals surface area contributed by atoms with Gasteiger partial charge in [0.15, 0.2) is 0 Å². The number of pyridine rings is 1. The number of aromatic nitrogens is 1. The summed E-state index contributed by atoms with van der Waals surface area (Å²) in [5, 5.41) is 1.53. The maximum absolute atomic E-state index is 12.8. The second-order valence-corrected chi connectivity index (χ2v) is 3.05. The van der Waals surface area contributed by atoms with Gasteiger partial charge in [-0.25, -0.2) is 9.37 Å². The highest BCUT2D eigenvalue weighted by Gasteiger charge is 2.04. The van der Waals surface area contributed by atoms with Crippen LogP contribution in [0.15, 0.2) is 24.4 Å². The largest absolute Gasteiger partial charge is 0.397 e. The summed E-state index contributed by atoms with van der Waals surface area (Å²) in [7, 11) is 0. The predicted molar refractivity (Wildman–Crippen MR) is 51.1 cm³/mol. The Morgan fingerprint density at radius 3 is 2.85 bits per heavy atom. The van der Waals surface area contributed by atoms with Gasteiger partial charge in [0, 0.05) is 10.8 Å². The molecule has 0 aliphatic heterocycles. The molecule has 0 saturated carbocycles. The molecule has 0 bridgehead atoms. The SMILES string of the molecule is Nc1cnc(Cl)c2cc(F)ccc12. The summed E-state index contributed by atoms with van der Waals surface area (Å²) >= 11 is 5.77. The van der Waals surface area contributed by atoms with Crippen molar-refractivity contribution in [3.8, 4) is 0 Å². The molecule has 2 aromatic rings. The van der Waals surface area contributed by atoms with Gasteiger partial charge in [-0.3, -0.25) is 0 Å². The van der Waals surface area contributed by atoms with Crippen molar-refractivity contribution in [1.82, 2.24) is 4.98 Å². The third kappa shape index (κ3) is 1.31. The van der Waals surface area contributed by atoms with E-state index < -0.39 is 0 Å². The van der Waals surface area contributed by atoms with Crippen LogP contribution in [-0.2, 0) is 0 Å². The minimum absolute atomic E-state index is 0.267. The van der Waals surface area contributed by atoms with Gasteiger partial charge in [-0.1, -0.05) is 11.6 Å². The Morgan fingerprint density at radius 1 is 1.31 bits per heavy atom. The number of hydrogen-bond acceptors (Lipinski definition) is 2. The Labute approximate surface area is 79.1 Å². The highest BCUT2D eigenvalue weighted by atomic mass is 35.5. The van der Waals surface area contributed by atoms with Gasteiger partial charge in [0.1, 0.15) is 11.0 Å². The van der Waals surface area contributed by atoms with Crippen LogP contribution < -0.4 is 5.73 Å². The van der Waals surface area contributed by atoms with Gasteiger partial charge in [0.05, 0.1) is 11.9 Å². The number of benzene rings is 1. The Bertz CT molecular complexity index is 470. The van der Waals surface area contributed by atoms with Crippen molar-refractivity contribution in [2.45, 2.75) is 0 Å². The summed E-state index contributed by atoms with van der Waals surface area (Å²) in [6.45, 7) is 0. The van der Waals surface area contributed by atoms with Gasteiger partial charge >= 0.3 is 0 Å². The van der Waals surface area contributed by atoms with Crippen LogP contribution in [0.5, 0.6) is 0 Å². The van der Waals surface area contributed by atoms with E-state index in [1.54, 1.807) is 6.07 Å². The van der Waals surface area contributed by atoms with Crippen LogP contribution in [0.4, 0.5) is 10.1 Å². The molecule has 0 spiro atoms. The number of nitrogens with zero attached hydrogens (tertiary/aromatic N) is 1. The van der Waals surface area contributed by atoms with Gasteiger partial charge in [0.2, 0.25) is 0 Å². The molecule has 4 heteroatoms. The molecule has 0 atom stereocenters. The molecule has 2 rings (SSSR count). The van der Waals surface area contributed by atoms with E-state index in [-0.39, 0.29) is 11.0 Å². The Morgan fingerprint density at radius 2 is 2.08 bits per heavy atom. The van der Waals surface area contributed by atoms with Crippen molar-refractivity contribution < 1.29 is 4.39 Å². The average molecular weight is 197 g/mol. The number of halogens is 2. The van der Waals surface area contributed by atoms with Crippen molar-refractivity contribution >= 4 is 28.1 Å². The third-order valence-corrected chi connectivity index (χ3v) is 2.13. The summed E-state index contributed by atoms with van der Waals surface area (Å²) in [5.41, 5.74) is 6.13. The summed E-state index contributed by atoms with van der Waals surface area (Å²) in [5.74, 6) is -0.346. The first-order chi connectivity index (χ1) is 6.18. The number of nitrogen functional groups attached to an aromatic ring is 1. The van der Waals surface area contributed by atoms with Gasteiger partial charge < -0.3 is 5.73 Å². The first-order valence-electron chi connectivity index (χ1n) is 3.68. The van der Waals surface area contributed by atoms with Crippen molar-refractivity contribution in [1.29, 1.82) is 0 Å². The molecule has 1 aromatic carbocycles. The lowest BCUT2D eigenvalue weighted by Crippen LogP contribution is -1.90. The Hall–Kier alpha value is -1.35. The number of rotatable bonds is 0. The average Bonchev–Trinajstić information content (AvgIpc) is 2.12. The second kappa shape index (κ2) is 2.85. The molecule has 0 unspecified atom stereocenters. The van der Waals surface area contributed by atoms with Gasteiger partial charge in [-0.05, 0) is 18.2 Å². The van der Waals surface area contributed by atoms with Crippen LogP contribution >= 0.6 is 11.6 Å². The molecular formula is C9H6ClFN2. The molecule has 1 heterocycles. The Kier molecular flexibility index (Phi) is 1.81. The fraction of sp³-hybridized carbons (Fsp3) is 0. The summed E-state index contributed by atoms with van der Waals surface area (Å²) in [4.78, 5) is 3.82. The van der Waals surface area contributed by atoms with Gasteiger partial charge in [-0.15, -0.1) is 0 Å². The maximum Gasteiger partial charge on any atom is 0.137 e. The molecule has 0 aliphatic carbocycles. The van der Waals surface area contributed by atoms with E-state index in [2.05, 4.69) is 4.98 Å². The number of fused-ring (bicyclic) bond motifs is 1. The topological polar surface area (TPSA) is 38.9 Å². The zero-order valence-corrected chi connectivity index (χ0v) is 7.35. The minimum atomic E-state index is -0.346. The molecular weight excluding hydrogens is 191 g/mol. The standard InChI is InChI=1S/C9H6ClFN2/c10-9-7-3-5(11)1-2-6(7)8(12)4-13-9/h1-4H,12H2. The van der Waals surface area contributed by atoms with E-state index >= 15 is 0 Å². The predicted octanol–water partition coefficient (Wildman–Crippen LogP) is 2.61. The van der Waals surface area contributed by atoms with Crippen molar-refractivity contribution in [3.63, 3.8) is 0 Å². The number of hydrogen-bond donors (Lipinski definition) is 1. The first-order valence-corrected chi connectivity index (χ1v) is 4.05. The highest BCUT2D eigenvalue weighted by molar-refractivity contribution is 6.34. The lowest BCUT2D eigenvalue weighted by molar-refractivity contribution is 0.629. The van der Waals surface area contributed by atoms with Crippen LogP contribution in [0.2, 0.25) is 5.15 Å². The quantitative estimate of drug-likeness (QED) is 0.658. The zero-order chi connectivity index (χ0) is 9.42. The van der Waals surface area contributed by atoms with Crippen molar-refractivity contribution in [3.05, 3.63) is 35.4 Å². The first kappa shape index (κ1) is 8.26. The summed E-state index contributed by atoms with van der Waals surface area (Å²) in [6.07, 6.45) is 1.46. The third-order valence-electron chi connectivity index (χ3n) is 1.83. The van der Waals surface area contributed by atoms with Crippen LogP contribution in [0.1, 0.15) is 0 Å². The zero-order valence-electron chi connectivity index (χ0n) is 6.59. The van der Waals surface area contributed by atoms with Crippen LogP contribution in [0.25, 0.3) is 10.8 Å². The molecule has 0 saturated heterocycles. The molecule has 1 aromatic heterocycles. The van der Waals surface area contributed by atoms with E-state index in [4.69, 9.17) is 17.3 Å². The molecule has 2 nitrogen and oxygen atoms in total. The van der Waals surface area contributed by atoms with Crippen LogP contribution in [-0.4, -0.2) is 4.98 Å². The van der Waals surface area contributed by atoms with E-state index in [1.807, 2.05) is 0 Å². The molecule has 66 valence electrons. The number of nitrogens with two attached hydrogens (primary N) is 1. The fourth-order valence-corrected chi connectivity index (χ4v) is 1.41. The van der Waals surface area contributed by atoms with E-state index in [1.165, 1.54) is 18.3 Å². The summed E-state index contributed by atoms with van der Waals surface area (Å²) in [6, 6.07) is 4.25. The molecule has 0 fully saturated rings. The van der Waals surface area contributed by atoms with Gasteiger partial charge in [0.25, 0.3) is 0 Å². The van der Waals surface area contributed by atoms with Crippen LogP contribution in [0.3, 0.4) is 0 Å². The monoisotopic (exact) mass is 196 g/mol. The fourth-order valence-electron chi connectivity index (χ4n) is 1.20. The van der Waals surface area contributed by atoms with Crippen LogP contribution in [0, 0.1) is 5.82 Å². The van der Waals surface area contributed by atoms with Gasteiger partial charge in [-0.2, -0.15) is 0 Å².